The minimum Gasteiger partial charge on any atom is -0.495 e. The van der Waals surface area contributed by atoms with E-state index >= 15 is 0 Å². The van der Waals surface area contributed by atoms with Gasteiger partial charge in [0, 0.05) is 43.3 Å². The standard InChI is InChI=1S/C20H29ClN4O3/c1-13-10-17(18(28-3)11-16(13)21)23-20(27)14(2)25-8-6-24(7-9-25)12-19(26)22-15-4-5-15/h10-11,14-15H,4-9,12H2,1-3H3,(H,22,26)(H,23,27)/t14-/m0/s1. The molecule has 1 saturated carbocycles. The van der Waals surface area contributed by atoms with E-state index in [1.807, 2.05) is 19.9 Å². The van der Waals surface area contributed by atoms with Crippen LogP contribution in [-0.4, -0.2) is 73.5 Å². The fourth-order valence-corrected chi connectivity index (χ4v) is 3.50. The highest BCUT2D eigenvalue weighted by Crippen LogP contribution is 2.31. The van der Waals surface area contributed by atoms with Gasteiger partial charge < -0.3 is 15.4 Å². The molecule has 0 radical (unpaired) electrons. The third kappa shape index (κ3) is 5.37. The van der Waals surface area contributed by atoms with Gasteiger partial charge in [-0.2, -0.15) is 0 Å². The SMILES string of the molecule is COc1cc(Cl)c(C)cc1NC(=O)[C@H](C)N1CCN(CC(=O)NC2CC2)CC1. The van der Waals surface area contributed by atoms with Crippen LogP contribution in [0.1, 0.15) is 25.3 Å². The Morgan fingerprint density at radius 3 is 2.54 bits per heavy atom. The van der Waals surface area contributed by atoms with Crippen molar-refractivity contribution in [2.24, 2.45) is 0 Å². The number of carbonyl (C=O) groups is 2. The number of anilines is 1. The molecule has 2 amide bonds. The fourth-order valence-electron chi connectivity index (χ4n) is 3.35. The third-order valence-electron chi connectivity index (χ3n) is 5.38. The van der Waals surface area contributed by atoms with Crippen LogP contribution in [0.4, 0.5) is 5.69 Å². The summed E-state index contributed by atoms with van der Waals surface area (Å²) in [6.45, 7) is 7.29. The van der Waals surface area contributed by atoms with Crippen molar-refractivity contribution in [3.63, 3.8) is 0 Å². The maximum absolute atomic E-state index is 12.7. The lowest BCUT2D eigenvalue weighted by Gasteiger charge is -2.37. The number of amides is 2. The molecule has 2 fully saturated rings. The van der Waals surface area contributed by atoms with Gasteiger partial charge in [-0.1, -0.05) is 11.6 Å². The predicted octanol–water partition coefficient (Wildman–Crippen LogP) is 1.88. The van der Waals surface area contributed by atoms with Crippen LogP contribution >= 0.6 is 11.6 Å². The molecule has 0 aromatic heterocycles. The van der Waals surface area contributed by atoms with Gasteiger partial charge >= 0.3 is 0 Å². The van der Waals surface area contributed by atoms with Gasteiger partial charge in [-0.3, -0.25) is 19.4 Å². The molecule has 28 heavy (non-hydrogen) atoms. The molecule has 154 valence electrons. The summed E-state index contributed by atoms with van der Waals surface area (Å²) in [6.07, 6.45) is 2.20. The average Bonchev–Trinajstić information content (AvgIpc) is 3.48. The van der Waals surface area contributed by atoms with Crippen molar-refractivity contribution in [3.8, 4) is 5.75 Å². The zero-order valence-electron chi connectivity index (χ0n) is 16.8. The largest absolute Gasteiger partial charge is 0.495 e. The van der Waals surface area contributed by atoms with Gasteiger partial charge in [0.1, 0.15) is 5.75 Å². The summed E-state index contributed by atoms with van der Waals surface area (Å²) in [5, 5.41) is 6.58. The van der Waals surface area contributed by atoms with Crippen LogP contribution < -0.4 is 15.4 Å². The van der Waals surface area contributed by atoms with Gasteiger partial charge in [0.25, 0.3) is 0 Å². The number of hydrogen-bond acceptors (Lipinski definition) is 5. The molecule has 1 aliphatic heterocycles. The minimum atomic E-state index is -0.275. The first-order valence-corrected chi connectivity index (χ1v) is 10.2. The first-order valence-electron chi connectivity index (χ1n) is 9.78. The molecule has 0 bridgehead atoms. The van der Waals surface area contributed by atoms with Crippen molar-refractivity contribution < 1.29 is 14.3 Å². The maximum Gasteiger partial charge on any atom is 0.241 e. The summed E-state index contributed by atoms with van der Waals surface area (Å²) in [6, 6.07) is 3.65. The number of hydrogen-bond donors (Lipinski definition) is 2. The third-order valence-corrected chi connectivity index (χ3v) is 5.79. The summed E-state index contributed by atoms with van der Waals surface area (Å²) < 4.78 is 5.33. The Balaban J connectivity index is 1.50. The number of rotatable bonds is 7. The van der Waals surface area contributed by atoms with E-state index in [1.165, 1.54) is 0 Å². The molecule has 2 aliphatic rings. The quantitative estimate of drug-likeness (QED) is 0.720. The first kappa shape index (κ1) is 20.9. The molecule has 2 N–H and O–H groups in total. The number of piperazine rings is 1. The van der Waals surface area contributed by atoms with Crippen LogP contribution in [0.2, 0.25) is 5.02 Å². The Bertz CT molecular complexity index is 730. The predicted molar refractivity (Wildman–Crippen MR) is 110 cm³/mol. The number of carbonyl (C=O) groups excluding carboxylic acids is 2. The normalized spacial score (nSPS) is 19.1. The molecule has 8 heteroatoms. The molecule has 1 aromatic rings. The highest BCUT2D eigenvalue weighted by Gasteiger charge is 2.28. The van der Waals surface area contributed by atoms with Gasteiger partial charge in [0.2, 0.25) is 11.8 Å². The van der Waals surface area contributed by atoms with Gasteiger partial charge in [-0.15, -0.1) is 0 Å². The van der Waals surface area contributed by atoms with E-state index in [1.54, 1.807) is 13.2 Å². The number of ether oxygens (including phenoxy) is 1. The minimum absolute atomic E-state index is 0.0834. The Morgan fingerprint density at radius 2 is 1.93 bits per heavy atom. The Kier molecular flexibility index (Phi) is 6.80. The van der Waals surface area contributed by atoms with Crippen molar-refractivity contribution in [1.29, 1.82) is 0 Å². The van der Waals surface area contributed by atoms with E-state index in [0.29, 0.717) is 29.0 Å². The molecule has 1 aliphatic carbocycles. The van der Waals surface area contributed by atoms with E-state index in [9.17, 15) is 9.59 Å². The lowest BCUT2D eigenvalue weighted by molar-refractivity contribution is -0.124. The van der Waals surface area contributed by atoms with Crippen molar-refractivity contribution in [2.75, 3.05) is 45.2 Å². The van der Waals surface area contributed by atoms with Gasteiger partial charge in [-0.25, -0.2) is 0 Å². The Morgan fingerprint density at radius 1 is 1.25 bits per heavy atom. The van der Waals surface area contributed by atoms with E-state index in [0.717, 1.165) is 44.6 Å². The lowest BCUT2D eigenvalue weighted by Crippen LogP contribution is -2.54. The Labute approximate surface area is 171 Å². The average molecular weight is 409 g/mol. The smallest absolute Gasteiger partial charge is 0.241 e. The zero-order valence-corrected chi connectivity index (χ0v) is 17.5. The first-order chi connectivity index (χ1) is 13.4. The number of aryl methyl sites for hydroxylation is 1. The van der Waals surface area contributed by atoms with Crippen molar-refractivity contribution in [3.05, 3.63) is 22.7 Å². The summed E-state index contributed by atoms with van der Waals surface area (Å²) in [7, 11) is 1.55. The highest BCUT2D eigenvalue weighted by atomic mass is 35.5. The second-order valence-corrected chi connectivity index (χ2v) is 8.03. The van der Waals surface area contributed by atoms with Gasteiger partial charge in [0.05, 0.1) is 25.4 Å². The van der Waals surface area contributed by atoms with E-state index in [2.05, 4.69) is 20.4 Å². The van der Waals surface area contributed by atoms with Crippen LogP contribution in [0.25, 0.3) is 0 Å². The summed E-state index contributed by atoms with van der Waals surface area (Å²) in [4.78, 5) is 29.0. The van der Waals surface area contributed by atoms with Crippen LogP contribution in [0.15, 0.2) is 12.1 Å². The molecule has 1 atom stereocenters. The van der Waals surface area contributed by atoms with E-state index in [4.69, 9.17) is 16.3 Å². The van der Waals surface area contributed by atoms with Gasteiger partial charge in [0.15, 0.2) is 0 Å². The molecule has 1 aromatic carbocycles. The molecule has 3 rings (SSSR count). The summed E-state index contributed by atoms with van der Waals surface area (Å²) >= 11 is 6.13. The molecule has 1 saturated heterocycles. The summed E-state index contributed by atoms with van der Waals surface area (Å²) in [5.74, 6) is 0.564. The highest BCUT2D eigenvalue weighted by molar-refractivity contribution is 6.31. The topological polar surface area (TPSA) is 73.9 Å². The summed E-state index contributed by atoms with van der Waals surface area (Å²) in [5.41, 5.74) is 1.50. The molecular formula is C20H29ClN4O3. The molecule has 7 nitrogen and oxygen atoms in total. The van der Waals surface area contributed by atoms with Crippen LogP contribution in [0.5, 0.6) is 5.75 Å². The van der Waals surface area contributed by atoms with Crippen molar-refractivity contribution in [2.45, 2.75) is 38.8 Å². The number of nitrogens with one attached hydrogen (secondary N) is 2. The monoisotopic (exact) mass is 408 g/mol. The molecule has 0 spiro atoms. The van der Waals surface area contributed by atoms with Crippen LogP contribution in [-0.2, 0) is 9.59 Å². The van der Waals surface area contributed by atoms with E-state index in [-0.39, 0.29) is 17.9 Å². The maximum atomic E-state index is 12.7. The molecule has 0 unspecified atom stereocenters. The lowest BCUT2D eigenvalue weighted by atomic mass is 10.1. The fraction of sp³-hybridized carbons (Fsp3) is 0.600. The Hall–Kier alpha value is -1.83. The second-order valence-electron chi connectivity index (χ2n) is 7.62. The molecular weight excluding hydrogens is 380 g/mol. The second kappa shape index (κ2) is 9.11. The van der Waals surface area contributed by atoms with Crippen molar-refractivity contribution in [1.82, 2.24) is 15.1 Å². The van der Waals surface area contributed by atoms with Crippen molar-refractivity contribution >= 4 is 29.1 Å². The number of methoxy groups -OCH3 is 1. The number of benzene rings is 1. The number of halogens is 1. The zero-order chi connectivity index (χ0) is 20.3. The number of nitrogens with zero attached hydrogens (tertiary/aromatic N) is 2. The van der Waals surface area contributed by atoms with E-state index < -0.39 is 0 Å². The van der Waals surface area contributed by atoms with Crippen LogP contribution in [0.3, 0.4) is 0 Å². The molecule has 1 heterocycles. The van der Waals surface area contributed by atoms with Gasteiger partial charge in [-0.05, 0) is 38.3 Å². The van der Waals surface area contributed by atoms with Crippen LogP contribution in [0, 0.1) is 6.92 Å².